The van der Waals surface area contributed by atoms with Crippen LogP contribution in [-0.2, 0) is 4.74 Å². The van der Waals surface area contributed by atoms with Crippen LogP contribution in [0.4, 0.5) is 8.78 Å². The van der Waals surface area contributed by atoms with Crippen molar-refractivity contribution in [2.45, 2.75) is 37.3 Å². The predicted octanol–water partition coefficient (Wildman–Crippen LogP) is 2.35. The summed E-state index contributed by atoms with van der Waals surface area (Å²) in [6, 6.07) is 3.49. The second-order valence-electron chi connectivity index (χ2n) is 6.58. The minimum absolute atomic E-state index is 0.0564. The number of β-amino-alcohol motifs (C(OH)–C–C–N with tert-alkyl or cyclic N) is 1. The maximum absolute atomic E-state index is 13.2. The second-order valence-corrected chi connectivity index (χ2v) is 6.58. The number of hydrogen-bond acceptors (Lipinski definition) is 4. The first-order chi connectivity index (χ1) is 11.0. The second kappa shape index (κ2) is 7.11. The molecule has 4 nitrogen and oxygen atoms in total. The lowest BCUT2D eigenvalue weighted by molar-refractivity contribution is -0.0670. The van der Waals surface area contributed by atoms with E-state index in [2.05, 4.69) is 4.90 Å². The van der Waals surface area contributed by atoms with E-state index in [0.717, 1.165) is 37.6 Å². The molecule has 2 aliphatic rings. The maximum Gasteiger partial charge on any atom is 0.134 e. The summed E-state index contributed by atoms with van der Waals surface area (Å²) < 4.78 is 37.4. The Morgan fingerprint density at radius 2 is 1.91 bits per heavy atom. The summed E-state index contributed by atoms with van der Waals surface area (Å²) in [5, 5.41) is 10.8. The van der Waals surface area contributed by atoms with Crippen molar-refractivity contribution in [3.8, 4) is 5.75 Å². The fourth-order valence-corrected chi connectivity index (χ4v) is 3.44. The Hall–Kier alpha value is -1.24. The van der Waals surface area contributed by atoms with Gasteiger partial charge < -0.3 is 14.6 Å². The van der Waals surface area contributed by atoms with Gasteiger partial charge in [0.05, 0.1) is 13.2 Å². The van der Waals surface area contributed by atoms with Crippen LogP contribution in [0.15, 0.2) is 18.2 Å². The van der Waals surface area contributed by atoms with Crippen LogP contribution in [0.2, 0.25) is 0 Å². The third-order valence-corrected chi connectivity index (χ3v) is 4.58. The first-order valence-electron chi connectivity index (χ1n) is 8.17. The molecule has 1 N–H and O–H groups in total. The summed E-state index contributed by atoms with van der Waals surface area (Å²) in [7, 11) is 0. The Labute approximate surface area is 135 Å². The van der Waals surface area contributed by atoms with Crippen molar-refractivity contribution in [1.82, 2.24) is 4.90 Å². The van der Waals surface area contributed by atoms with Crippen LogP contribution in [0.1, 0.15) is 25.7 Å². The zero-order chi connectivity index (χ0) is 16.3. The molecule has 2 fully saturated rings. The molecule has 128 valence electrons. The average Bonchev–Trinajstić information content (AvgIpc) is 2.95. The lowest BCUT2D eigenvalue weighted by atomic mass is 10.0. The zero-order valence-electron chi connectivity index (χ0n) is 13.1. The van der Waals surface area contributed by atoms with Gasteiger partial charge in [0.2, 0.25) is 0 Å². The van der Waals surface area contributed by atoms with Gasteiger partial charge in [0, 0.05) is 37.3 Å². The number of benzene rings is 1. The Bertz CT molecular complexity index is 516. The molecule has 0 radical (unpaired) electrons. The van der Waals surface area contributed by atoms with E-state index in [9.17, 15) is 13.9 Å². The third kappa shape index (κ3) is 4.40. The molecule has 1 heterocycles. The highest BCUT2D eigenvalue weighted by atomic mass is 19.1. The Balaban J connectivity index is 1.64. The monoisotopic (exact) mass is 327 g/mol. The van der Waals surface area contributed by atoms with E-state index in [1.54, 1.807) is 0 Å². The molecule has 1 saturated heterocycles. The van der Waals surface area contributed by atoms with Gasteiger partial charge in [0.1, 0.15) is 29.6 Å². The molecule has 1 saturated carbocycles. The zero-order valence-corrected chi connectivity index (χ0v) is 13.1. The molecule has 0 aromatic heterocycles. The lowest BCUT2D eigenvalue weighted by Gasteiger charge is -2.33. The molecular formula is C17H23F2NO3. The smallest absolute Gasteiger partial charge is 0.134 e. The van der Waals surface area contributed by atoms with Gasteiger partial charge in [-0.1, -0.05) is 12.8 Å². The van der Waals surface area contributed by atoms with Crippen LogP contribution in [0.3, 0.4) is 0 Å². The van der Waals surface area contributed by atoms with E-state index in [1.165, 1.54) is 12.8 Å². The molecule has 1 aliphatic carbocycles. The molecule has 3 rings (SSSR count). The van der Waals surface area contributed by atoms with Crippen LogP contribution in [0.25, 0.3) is 0 Å². The van der Waals surface area contributed by atoms with Gasteiger partial charge in [-0.25, -0.2) is 8.78 Å². The summed E-state index contributed by atoms with van der Waals surface area (Å²) in [5.41, 5.74) is -1.18. The van der Waals surface area contributed by atoms with E-state index in [1.807, 2.05) is 0 Å². The Kier molecular flexibility index (Phi) is 5.14. The van der Waals surface area contributed by atoms with Crippen molar-refractivity contribution in [2.75, 3.05) is 32.9 Å². The molecule has 1 atom stereocenters. The third-order valence-electron chi connectivity index (χ3n) is 4.58. The lowest BCUT2D eigenvalue weighted by Crippen LogP contribution is -2.51. The van der Waals surface area contributed by atoms with Gasteiger partial charge in [-0.3, -0.25) is 4.90 Å². The fraction of sp³-hybridized carbons (Fsp3) is 0.647. The quantitative estimate of drug-likeness (QED) is 0.922. The van der Waals surface area contributed by atoms with Crippen molar-refractivity contribution in [3.63, 3.8) is 0 Å². The van der Waals surface area contributed by atoms with E-state index in [0.29, 0.717) is 19.2 Å². The van der Waals surface area contributed by atoms with Gasteiger partial charge in [-0.15, -0.1) is 0 Å². The molecule has 0 unspecified atom stereocenters. The molecule has 1 aliphatic heterocycles. The van der Waals surface area contributed by atoms with Crippen molar-refractivity contribution in [1.29, 1.82) is 0 Å². The molecule has 0 bridgehead atoms. The van der Waals surface area contributed by atoms with Crippen molar-refractivity contribution in [2.24, 2.45) is 0 Å². The van der Waals surface area contributed by atoms with E-state index < -0.39 is 17.2 Å². The largest absolute Gasteiger partial charge is 0.490 e. The number of hydrogen-bond donors (Lipinski definition) is 1. The molecule has 1 aromatic carbocycles. The summed E-state index contributed by atoms with van der Waals surface area (Å²) in [5.74, 6) is -1.32. The number of nitrogens with zero attached hydrogens (tertiary/aromatic N) is 1. The molecule has 0 amide bonds. The highest BCUT2D eigenvalue weighted by molar-refractivity contribution is 5.24. The average molecular weight is 327 g/mol. The molecule has 6 heteroatoms. The summed E-state index contributed by atoms with van der Waals surface area (Å²) >= 11 is 0. The van der Waals surface area contributed by atoms with Crippen molar-refractivity contribution in [3.05, 3.63) is 29.8 Å². The first-order valence-corrected chi connectivity index (χ1v) is 8.17. The highest BCUT2D eigenvalue weighted by Gasteiger charge is 2.36. The van der Waals surface area contributed by atoms with Gasteiger partial charge in [0.15, 0.2) is 0 Å². The SMILES string of the molecule is O[C@]1(COc2cc(F)cc(F)c2)COCCN(C2CCCC2)C1. The van der Waals surface area contributed by atoms with Crippen LogP contribution < -0.4 is 4.74 Å². The van der Waals surface area contributed by atoms with Crippen LogP contribution in [-0.4, -0.2) is 54.6 Å². The molecule has 23 heavy (non-hydrogen) atoms. The van der Waals surface area contributed by atoms with Crippen molar-refractivity contribution < 1.29 is 23.4 Å². The van der Waals surface area contributed by atoms with Gasteiger partial charge in [-0.2, -0.15) is 0 Å². The number of halogens is 2. The Morgan fingerprint density at radius 3 is 2.61 bits per heavy atom. The number of ether oxygens (including phenoxy) is 2. The van der Waals surface area contributed by atoms with Gasteiger partial charge in [0.25, 0.3) is 0 Å². The van der Waals surface area contributed by atoms with E-state index >= 15 is 0 Å². The van der Waals surface area contributed by atoms with Crippen LogP contribution >= 0.6 is 0 Å². The standard InChI is InChI=1S/C17H23F2NO3/c18-13-7-14(19)9-16(8-13)23-12-17(21)10-20(5-6-22-11-17)15-3-1-2-4-15/h7-9,15,21H,1-6,10-12H2/t17-/m0/s1. The molecule has 0 spiro atoms. The first kappa shape index (κ1) is 16.6. The topological polar surface area (TPSA) is 41.9 Å². The van der Waals surface area contributed by atoms with Gasteiger partial charge >= 0.3 is 0 Å². The fourth-order valence-electron chi connectivity index (χ4n) is 3.44. The van der Waals surface area contributed by atoms with Crippen LogP contribution in [0.5, 0.6) is 5.75 Å². The Morgan fingerprint density at radius 1 is 1.22 bits per heavy atom. The van der Waals surface area contributed by atoms with Crippen LogP contribution in [0, 0.1) is 11.6 Å². The normalized spacial score (nSPS) is 27.1. The number of rotatable bonds is 4. The molecular weight excluding hydrogens is 304 g/mol. The van der Waals surface area contributed by atoms with E-state index in [-0.39, 0.29) is 19.0 Å². The minimum Gasteiger partial charge on any atom is -0.490 e. The summed E-state index contributed by atoms with van der Waals surface area (Å²) in [6.45, 7) is 1.93. The van der Waals surface area contributed by atoms with Crippen molar-refractivity contribution >= 4 is 0 Å². The number of aliphatic hydroxyl groups is 1. The summed E-state index contributed by atoms with van der Waals surface area (Å²) in [4.78, 5) is 2.26. The molecule has 1 aromatic rings. The minimum atomic E-state index is -1.18. The highest BCUT2D eigenvalue weighted by Crippen LogP contribution is 2.26. The summed E-state index contributed by atoms with van der Waals surface area (Å²) in [6.07, 6.45) is 4.73. The van der Waals surface area contributed by atoms with Gasteiger partial charge in [-0.05, 0) is 12.8 Å². The maximum atomic E-state index is 13.2. The predicted molar refractivity (Wildman–Crippen MR) is 81.5 cm³/mol. The van der Waals surface area contributed by atoms with E-state index in [4.69, 9.17) is 9.47 Å².